The van der Waals surface area contributed by atoms with Gasteiger partial charge < -0.3 is 24.1 Å². The molecule has 0 saturated carbocycles. The van der Waals surface area contributed by atoms with E-state index in [1.807, 2.05) is 13.8 Å². The SMILES string of the molecule is CC(C)CN(CCO)S(=O)(=O)c1ccc(OC2CCCCO2)c(OC2CCCCO2)c1. The van der Waals surface area contributed by atoms with E-state index in [0.717, 1.165) is 38.5 Å². The van der Waals surface area contributed by atoms with Crippen LogP contribution in [0, 0.1) is 5.92 Å². The van der Waals surface area contributed by atoms with Crippen molar-refractivity contribution >= 4 is 10.0 Å². The molecule has 2 saturated heterocycles. The fourth-order valence-electron chi connectivity index (χ4n) is 3.71. The quantitative estimate of drug-likeness (QED) is 0.577. The largest absolute Gasteiger partial charge is 0.461 e. The van der Waals surface area contributed by atoms with Gasteiger partial charge in [-0.1, -0.05) is 13.8 Å². The minimum Gasteiger partial charge on any atom is -0.461 e. The van der Waals surface area contributed by atoms with Crippen LogP contribution in [0.3, 0.4) is 0 Å². The van der Waals surface area contributed by atoms with Crippen LogP contribution in [-0.2, 0) is 19.5 Å². The number of aliphatic hydroxyl groups is 1. The normalized spacial score (nSPS) is 22.6. The van der Waals surface area contributed by atoms with E-state index in [0.29, 0.717) is 31.3 Å². The number of hydrogen-bond donors (Lipinski definition) is 1. The summed E-state index contributed by atoms with van der Waals surface area (Å²) in [7, 11) is -3.81. The summed E-state index contributed by atoms with van der Waals surface area (Å²) in [6.07, 6.45) is 4.70. The lowest BCUT2D eigenvalue weighted by molar-refractivity contribution is -0.119. The lowest BCUT2D eigenvalue weighted by Crippen LogP contribution is -2.36. The highest BCUT2D eigenvalue weighted by molar-refractivity contribution is 7.89. The third-order valence-corrected chi connectivity index (χ3v) is 7.12. The molecule has 9 heteroatoms. The number of aliphatic hydroxyl groups excluding tert-OH is 1. The predicted molar refractivity (Wildman–Crippen MR) is 116 cm³/mol. The van der Waals surface area contributed by atoms with Crippen molar-refractivity contribution in [3.05, 3.63) is 18.2 Å². The first-order chi connectivity index (χ1) is 14.9. The van der Waals surface area contributed by atoms with Gasteiger partial charge in [0.1, 0.15) is 0 Å². The number of sulfonamides is 1. The first-order valence-corrected chi connectivity index (χ1v) is 12.7. The average Bonchev–Trinajstić information content (AvgIpc) is 2.76. The van der Waals surface area contributed by atoms with Crippen molar-refractivity contribution in [3.63, 3.8) is 0 Å². The Morgan fingerprint density at radius 3 is 2.16 bits per heavy atom. The molecule has 31 heavy (non-hydrogen) atoms. The number of rotatable bonds is 10. The van der Waals surface area contributed by atoms with Crippen molar-refractivity contribution in [2.24, 2.45) is 5.92 Å². The molecule has 0 amide bonds. The van der Waals surface area contributed by atoms with Crippen molar-refractivity contribution in [2.75, 3.05) is 32.9 Å². The van der Waals surface area contributed by atoms with E-state index in [2.05, 4.69) is 0 Å². The summed E-state index contributed by atoms with van der Waals surface area (Å²) < 4.78 is 51.3. The molecule has 2 atom stereocenters. The molecule has 0 radical (unpaired) electrons. The minimum absolute atomic E-state index is 0.0383. The summed E-state index contributed by atoms with van der Waals surface area (Å²) >= 11 is 0. The van der Waals surface area contributed by atoms with Crippen LogP contribution >= 0.6 is 0 Å². The molecule has 1 N–H and O–H groups in total. The summed E-state index contributed by atoms with van der Waals surface area (Å²) in [5, 5.41) is 9.38. The Bertz CT molecular complexity index is 787. The van der Waals surface area contributed by atoms with Gasteiger partial charge in [0.2, 0.25) is 10.0 Å². The van der Waals surface area contributed by atoms with Gasteiger partial charge in [-0.2, -0.15) is 4.31 Å². The third kappa shape index (κ3) is 6.79. The molecule has 2 heterocycles. The maximum atomic E-state index is 13.3. The van der Waals surface area contributed by atoms with E-state index >= 15 is 0 Å². The third-order valence-electron chi connectivity index (χ3n) is 5.26. The van der Waals surface area contributed by atoms with Crippen LogP contribution in [0.25, 0.3) is 0 Å². The Morgan fingerprint density at radius 1 is 1.03 bits per heavy atom. The molecule has 1 aromatic carbocycles. The summed E-state index contributed by atoms with van der Waals surface area (Å²) in [6.45, 7) is 5.25. The molecule has 3 rings (SSSR count). The molecule has 0 aliphatic carbocycles. The molecule has 2 aliphatic rings. The Labute approximate surface area is 185 Å². The van der Waals surface area contributed by atoms with Crippen molar-refractivity contribution in [3.8, 4) is 11.5 Å². The molecule has 2 fully saturated rings. The summed E-state index contributed by atoms with van der Waals surface area (Å²) in [5.41, 5.74) is 0. The highest BCUT2D eigenvalue weighted by atomic mass is 32.2. The van der Waals surface area contributed by atoms with Gasteiger partial charge in [0, 0.05) is 32.0 Å². The van der Waals surface area contributed by atoms with E-state index in [1.165, 1.54) is 16.4 Å². The van der Waals surface area contributed by atoms with Crippen LogP contribution in [0.5, 0.6) is 11.5 Å². The topological polar surface area (TPSA) is 94.5 Å². The predicted octanol–water partition coefficient (Wildman–Crippen LogP) is 3.14. The fraction of sp³-hybridized carbons (Fsp3) is 0.727. The van der Waals surface area contributed by atoms with Gasteiger partial charge in [-0.15, -0.1) is 0 Å². The highest BCUT2D eigenvalue weighted by Crippen LogP contribution is 2.35. The van der Waals surface area contributed by atoms with Crippen LogP contribution in [0.2, 0.25) is 0 Å². The first-order valence-electron chi connectivity index (χ1n) is 11.2. The summed E-state index contributed by atoms with van der Waals surface area (Å²) in [5.74, 6) is 0.895. The Kier molecular flexibility index (Phi) is 8.97. The Hall–Kier alpha value is -1.39. The van der Waals surface area contributed by atoms with Gasteiger partial charge in [-0.05, 0) is 43.7 Å². The van der Waals surface area contributed by atoms with Gasteiger partial charge >= 0.3 is 0 Å². The highest BCUT2D eigenvalue weighted by Gasteiger charge is 2.28. The van der Waals surface area contributed by atoms with Gasteiger partial charge in [0.05, 0.1) is 24.7 Å². The molecule has 0 spiro atoms. The zero-order chi connectivity index (χ0) is 22.3. The number of hydrogen-bond acceptors (Lipinski definition) is 7. The van der Waals surface area contributed by atoms with Crippen molar-refractivity contribution in [1.82, 2.24) is 4.31 Å². The molecule has 0 bridgehead atoms. The Morgan fingerprint density at radius 2 is 1.65 bits per heavy atom. The lowest BCUT2D eigenvalue weighted by Gasteiger charge is -2.28. The molecule has 1 aromatic rings. The van der Waals surface area contributed by atoms with Crippen LogP contribution in [-0.4, -0.2) is 63.3 Å². The molecular formula is C22H35NO7S. The molecule has 176 valence electrons. The monoisotopic (exact) mass is 457 g/mol. The second-order valence-corrected chi connectivity index (χ2v) is 10.4. The second-order valence-electron chi connectivity index (χ2n) is 8.42. The number of nitrogens with zero attached hydrogens (tertiary/aromatic N) is 1. The van der Waals surface area contributed by atoms with Crippen LogP contribution < -0.4 is 9.47 Å². The lowest BCUT2D eigenvalue weighted by atomic mass is 10.2. The van der Waals surface area contributed by atoms with Gasteiger partial charge in [0.15, 0.2) is 24.1 Å². The van der Waals surface area contributed by atoms with E-state index in [-0.39, 0.29) is 30.3 Å². The van der Waals surface area contributed by atoms with Crippen LogP contribution in [0.1, 0.15) is 52.4 Å². The van der Waals surface area contributed by atoms with Crippen molar-refractivity contribution in [1.29, 1.82) is 0 Å². The maximum absolute atomic E-state index is 13.3. The number of ether oxygens (including phenoxy) is 4. The van der Waals surface area contributed by atoms with Crippen molar-refractivity contribution in [2.45, 2.75) is 69.8 Å². The molecule has 2 aliphatic heterocycles. The Balaban J connectivity index is 1.88. The maximum Gasteiger partial charge on any atom is 0.243 e. The van der Waals surface area contributed by atoms with Crippen LogP contribution in [0.4, 0.5) is 0 Å². The zero-order valence-corrected chi connectivity index (χ0v) is 19.3. The smallest absolute Gasteiger partial charge is 0.243 e. The molecule has 0 aromatic heterocycles. The van der Waals surface area contributed by atoms with Gasteiger partial charge in [0.25, 0.3) is 0 Å². The van der Waals surface area contributed by atoms with E-state index in [1.54, 1.807) is 6.07 Å². The fourth-order valence-corrected chi connectivity index (χ4v) is 5.32. The number of benzene rings is 1. The second kappa shape index (κ2) is 11.5. The van der Waals surface area contributed by atoms with Gasteiger partial charge in [-0.3, -0.25) is 0 Å². The van der Waals surface area contributed by atoms with E-state index in [4.69, 9.17) is 18.9 Å². The standard InChI is InChI=1S/C22H35NO7S/c1-17(2)16-23(11-12-24)31(25,26)18-9-10-19(29-21-7-3-5-13-27-21)20(15-18)30-22-8-4-6-14-28-22/h9-10,15,17,21-22,24H,3-8,11-14,16H2,1-2H3. The molecular weight excluding hydrogens is 422 g/mol. The average molecular weight is 458 g/mol. The van der Waals surface area contributed by atoms with E-state index in [9.17, 15) is 13.5 Å². The van der Waals surface area contributed by atoms with Gasteiger partial charge in [-0.25, -0.2) is 8.42 Å². The minimum atomic E-state index is -3.81. The summed E-state index contributed by atoms with van der Waals surface area (Å²) in [6, 6.07) is 4.64. The zero-order valence-electron chi connectivity index (χ0n) is 18.5. The van der Waals surface area contributed by atoms with E-state index < -0.39 is 16.3 Å². The molecule has 2 unspecified atom stereocenters. The van der Waals surface area contributed by atoms with Crippen molar-refractivity contribution < 1.29 is 32.5 Å². The first kappa shape index (κ1) is 24.3. The summed E-state index contributed by atoms with van der Waals surface area (Å²) in [4.78, 5) is 0.101. The molecule has 8 nitrogen and oxygen atoms in total. The van der Waals surface area contributed by atoms with Crippen LogP contribution in [0.15, 0.2) is 23.1 Å².